The lowest BCUT2D eigenvalue weighted by molar-refractivity contribution is -0.142. The van der Waals surface area contributed by atoms with E-state index in [1.165, 1.54) is 17.1 Å². The largest absolute Gasteiger partial charge is 0.355 e. The van der Waals surface area contributed by atoms with E-state index in [9.17, 15) is 14.4 Å². The number of rotatable bonds is 5. The normalized spacial score (nSPS) is 20.8. The minimum Gasteiger partial charge on any atom is -0.355 e. The van der Waals surface area contributed by atoms with E-state index in [4.69, 9.17) is 0 Å². The molecule has 0 fully saturated rings. The first-order valence-electron chi connectivity index (χ1n) is 9.10. The van der Waals surface area contributed by atoms with Gasteiger partial charge < -0.3 is 5.32 Å². The molecule has 4 rings (SSSR count). The number of nitrogens with one attached hydrogen (secondary N) is 1. The Hall–Kier alpha value is -3.21. The SMILES string of the molecule is O=C(NCCc1ccccc1)[C@H]1Cc2ccccc2[C@H]1N1C(=O)C=CC1=O. The van der Waals surface area contributed by atoms with Crippen molar-refractivity contribution < 1.29 is 14.4 Å². The molecule has 1 aliphatic carbocycles. The van der Waals surface area contributed by atoms with Crippen LogP contribution in [0.2, 0.25) is 0 Å². The zero-order chi connectivity index (χ0) is 18.8. The van der Waals surface area contributed by atoms with Gasteiger partial charge in [0.1, 0.15) is 0 Å². The molecule has 5 nitrogen and oxygen atoms in total. The maximum Gasteiger partial charge on any atom is 0.254 e. The second-order valence-corrected chi connectivity index (χ2v) is 6.86. The van der Waals surface area contributed by atoms with Gasteiger partial charge in [-0.2, -0.15) is 0 Å². The molecule has 1 N–H and O–H groups in total. The lowest BCUT2D eigenvalue weighted by Gasteiger charge is -2.28. The third kappa shape index (κ3) is 3.28. The Balaban J connectivity index is 1.51. The molecule has 0 bridgehead atoms. The summed E-state index contributed by atoms with van der Waals surface area (Å²) in [6.45, 7) is 0.516. The predicted molar refractivity (Wildman–Crippen MR) is 101 cm³/mol. The van der Waals surface area contributed by atoms with Gasteiger partial charge in [-0.1, -0.05) is 54.6 Å². The molecule has 2 aromatic rings. The Bertz CT molecular complexity index is 902. The first-order valence-corrected chi connectivity index (χ1v) is 9.10. The monoisotopic (exact) mass is 360 g/mol. The van der Waals surface area contributed by atoms with Crippen molar-refractivity contribution in [3.8, 4) is 0 Å². The fourth-order valence-electron chi connectivity index (χ4n) is 3.92. The van der Waals surface area contributed by atoms with Crippen LogP contribution in [0, 0.1) is 5.92 Å². The van der Waals surface area contributed by atoms with E-state index in [0.717, 1.165) is 23.1 Å². The fraction of sp³-hybridized carbons (Fsp3) is 0.227. The molecule has 2 aliphatic rings. The van der Waals surface area contributed by atoms with Gasteiger partial charge >= 0.3 is 0 Å². The van der Waals surface area contributed by atoms with Crippen molar-refractivity contribution in [2.75, 3.05) is 6.54 Å². The topological polar surface area (TPSA) is 66.5 Å². The van der Waals surface area contributed by atoms with Gasteiger partial charge in [-0.25, -0.2) is 0 Å². The first kappa shape index (κ1) is 17.2. The number of fused-ring (bicyclic) bond motifs is 1. The molecule has 3 amide bonds. The molecule has 0 spiro atoms. The molecule has 0 aromatic heterocycles. The summed E-state index contributed by atoms with van der Waals surface area (Å²) in [5, 5.41) is 2.98. The summed E-state index contributed by atoms with van der Waals surface area (Å²) >= 11 is 0. The summed E-state index contributed by atoms with van der Waals surface area (Å²) in [7, 11) is 0. The zero-order valence-electron chi connectivity index (χ0n) is 14.8. The molecule has 0 saturated heterocycles. The molecule has 136 valence electrons. The van der Waals surface area contributed by atoms with E-state index in [1.807, 2.05) is 54.6 Å². The van der Waals surface area contributed by atoms with E-state index >= 15 is 0 Å². The van der Waals surface area contributed by atoms with Gasteiger partial charge in [-0.3, -0.25) is 19.3 Å². The number of imide groups is 1. The summed E-state index contributed by atoms with van der Waals surface area (Å²) in [5.74, 6) is -1.31. The average molecular weight is 360 g/mol. The Labute approximate surface area is 157 Å². The van der Waals surface area contributed by atoms with Crippen LogP contribution in [0.4, 0.5) is 0 Å². The Morgan fingerprint density at radius 3 is 2.37 bits per heavy atom. The Kier molecular flexibility index (Phi) is 4.59. The van der Waals surface area contributed by atoms with Gasteiger partial charge in [0.15, 0.2) is 0 Å². The third-order valence-electron chi connectivity index (χ3n) is 5.21. The molecule has 0 unspecified atom stereocenters. The highest BCUT2D eigenvalue weighted by Crippen LogP contribution is 2.41. The van der Waals surface area contributed by atoms with Crippen LogP contribution in [0.15, 0.2) is 66.7 Å². The average Bonchev–Trinajstić information content (AvgIpc) is 3.22. The number of carbonyl (C=O) groups excluding carboxylic acids is 3. The summed E-state index contributed by atoms with van der Waals surface area (Å²) in [6, 6.07) is 17.0. The number of nitrogens with zero attached hydrogens (tertiary/aromatic N) is 1. The Morgan fingerprint density at radius 2 is 1.63 bits per heavy atom. The van der Waals surface area contributed by atoms with Crippen LogP contribution in [-0.2, 0) is 27.2 Å². The molecule has 2 aromatic carbocycles. The maximum atomic E-state index is 12.9. The van der Waals surface area contributed by atoms with Crippen molar-refractivity contribution in [2.24, 2.45) is 5.92 Å². The van der Waals surface area contributed by atoms with E-state index in [1.54, 1.807) is 0 Å². The van der Waals surface area contributed by atoms with Crippen molar-refractivity contribution in [1.29, 1.82) is 0 Å². The van der Waals surface area contributed by atoms with Crippen molar-refractivity contribution in [3.63, 3.8) is 0 Å². The summed E-state index contributed by atoms with van der Waals surface area (Å²) < 4.78 is 0. The first-order chi connectivity index (χ1) is 13.1. The van der Waals surface area contributed by atoms with Crippen molar-refractivity contribution in [1.82, 2.24) is 10.2 Å². The van der Waals surface area contributed by atoms with Crippen LogP contribution in [0.25, 0.3) is 0 Å². The quantitative estimate of drug-likeness (QED) is 0.831. The summed E-state index contributed by atoms with van der Waals surface area (Å²) in [4.78, 5) is 38.6. The molecule has 1 aliphatic heterocycles. The molecule has 27 heavy (non-hydrogen) atoms. The van der Waals surface area contributed by atoms with Crippen LogP contribution in [0.3, 0.4) is 0 Å². The molecule has 2 atom stereocenters. The summed E-state index contributed by atoms with van der Waals surface area (Å²) in [6.07, 6.45) is 3.80. The summed E-state index contributed by atoms with van der Waals surface area (Å²) in [5.41, 5.74) is 3.04. The van der Waals surface area contributed by atoms with Crippen LogP contribution < -0.4 is 5.32 Å². The maximum absolute atomic E-state index is 12.9. The lowest BCUT2D eigenvalue weighted by atomic mass is 9.97. The van der Waals surface area contributed by atoms with Crippen molar-refractivity contribution in [3.05, 3.63) is 83.4 Å². The number of benzene rings is 2. The van der Waals surface area contributed by atoms with Gasteiger partial charge in [0.25, 0.3) is 11.8 Å². The Morgan fingerprint density at radius 1 is 0.963 bits per heavy atom. The highest BCUT2D eigenvalue weighted by atomic mass is 16.2. The van der Waals surface area contributed by atoms with E-state index in [-0.39, 0.29) is 17.7 Å². The number of hydrogen-bond donors (Lipinski definition) is 1. The van der Waals surface area contributed by atoms with Crippen molar-refractivity contribution in [2.45, 2.75) is 18.9 Å². The smallest absolute Gasteiger partial charge is 0.254 e. The minimum atomic E-state index is -0.548. The highest BCUT2D eigenvalue weighted by molar-refractivity contribution is 6.13. The van der Waals surface area contributed by atoms with E-state index < -0.39 is 12.0 Å². The molecule has 0 radical (unpaired) electrons. The van der Waals surface area contributed by atoms with E-state index in [2.05, 4.69) is 5.32 Å². The predicted octanol–water partition coefficient (Wildman–Crippen LogP) is 2.18. The number of amides is 3. The number of carbonyl (C=O) groups is 3. The molecule has 5 heteroatoms. The van der Waals surface area contributed by atoms with Gasteiger partial charge in [-0.15, -0.1) is 0 Å². The lowest BCUT2D eigenvalue weighted by Crippen LogP contribution is -2.42. The second kappa shape index (κ2) is 7.19. The zero-order valence-corrected chi connectivity index (χ0v) is 14.8. The highest BCUT2D eigenvalue weighted by Gasteiger charge is 2.45. The van der Waals surface area contributed by atoms with Gasteiger partial charge in [0, 0.05) is 18.7 Å². The van der Waals surface area contributed by atoms with Crippen LogP contribution >= 0.6 is 0 Å². The van der Waals surface area contributed by atoms with Gasteiger partial charge in [-0.05, 0) is 29.5 Å². The molecule has 0 saturated carbocycles. The standard InChI is InChI=1S/C22H20N2O3/c25-19-10-11-20(26)24(19)21-17-9-5-4-8-16(17)14-18(21)22(27)23-13-12-15-6-2-1-3-7-15/h1-11,18,21H,12-14H2,(H,23,27)/t18-,21+/m0/s1. The minimum absolute atomic E-state index is 0.125. The molecule has 1 heterocycles. The molecular formula is C22H20N2O3. The van der Waals surface area contributed by atoms with Gasteiger partial charge in [0.2, 0.25) is 5.91 Å². The molecular weight excluding hydrogens is 340 g/mol. The second-order valence-electron chi connectivity index (χ2n) is 6.86. The van der Waals surface area contributed by atoms with Gasteiger partial charge in [0.05, 0.1) is 12.0 Å². The number of hydrogen-bond acceptors (Lipinski definition) is 3. The van der Waals surface area contributed by atoms with Crippen molar-refractivity contribution >= 4 is 17.7 Å². The van der Waals surface area contributed by atoms with E-state index in [0.29, 0.717) is 13.0 Å². The van der Waals surface area contributed by atoms with Crippen LogP contribution in [-0.4, -0.2) is 29.2 Å². The van der Waals surface area contributed by atoms with Crippen LogP contribution in [0.1, 0.15) is 22.7 Å². The fourth-order valence-corrected chi connectivity index (χ4v) is 3.92. The third-order valence-corrected chi connectivity index (χ3v) is 5.21. The van der Waals surface area contributed by atoms with Crippen LogP contribution in [0.5, 0.6) is 0 Å².